The fraction of sp³-hybridized carbons (Fsp3) is 0. The number of para-hydroxylation sites is 2. The highest BCUT2D eigenvalue weighted by atomic mass is 32.1. The lowest BCUT2D eigenvalue weighted by Gasteiger charge is -2.27. The zero-order valence-electron chi connectivity index (χ0n) is 27.6. The summed E-state index contributed by atoms with van der Waals surface area (Å²) >= 11 is 1.88. The first-order valence-electron chi connectivity index (χ1n) is 17.4. The van der Waals surface area contributed by atoms with Crippen LogP contribution in [0.25, 0.3) is 80.0 Å². The standard InChI is InChI=1S/C48H30N2S/c1-2-14-35(15-3-1)50-43-18-9-8-17-39(43)41-30-37(25-26-44(41)50)49(36-24-23-32-22-21-31-11-6-7-16-38(31)40(32)29-36)45-19-10-20-46-48(45)42-27-33-12-4-5-13-34(33)28-47(42)51-46/h1-30H. The fourth-order valence-electron chi connectivity index (χ4n) is 8.19. The Hall–Kier alpha value is -6.42. The first-order chi connectivity index (χ1) is 25.3. The summed E-state index contributed by atoms with van der Waals surface area (Å²) < 4.78 is 4.98. The van der Waals surface area contributed by atoms with E-state index in [1.165, 1.54) is 80.0 Å². The molecule has 0 N–H and O–H groups in total. The van der Waals surface area contributed by atoms with Gasteiger partial charge in [0.15, 0.2) is 0 Å². The number of hydrogen-bond acceptors (Lipinski definition) is 2. The quantitative estimate of drug-likeness (QED) is 0.170. The fourth-order valence-corrected chi connectivity index (χ4v) is 9.35. The Morgan fingerprint density at radius 2 is 1.00 bits per heavy atom. The summed E-state index contributed by atoms with van der Waals surface area (Å²) in [6.45, 7) is 0. The van der Waals surface area contributed by atoms with Gasteiger partial charge in [-0.2, -0.15) is 0 Å². The molecule has 2 aromatic heterocycles. The van der Waals surface area contributed by atoms with Crippen molar-refractivity contribution in [1.29, 1.82) is 0 Å². The maximum Gasteiger partial charge on any atom is 0.0554 e. The lowest BCUT2D eigenvalue weighted by atomic mass is 10.00. The molecule has 0 amide bonds. The molecule has 51 heavy (non-hydrogen) atoms. The molecule has 0 bridgehead atoms. The summed E-state index contributed by atoms with van der Waals surface area (Å²) in [6, 6.07) is 66.9. The van der Waals surface area contributed by atoms with Crippen molar-refractivity contribution >= 4 is 103 Å². The topological polar surface area (TPSA) is 8.17 Å². The summed E-state index contributed by atoms with van der Waals surface area (Å²) in [7, 11) is 0. The van der Waals surface area contributed by atoms with Crippen LogP contribution in [0.15, 0.2) is 182 Å². The summed E-state index contributed by atoms with van der Waals surface area (Å²) in [4.78, 5) is 2.49. The minimum Gasteiger partial charge on any atom is -0.310 e. The third kappa shape index (κ3) is 4.35. The lowest BCUT2D eigenvalue weighted by molar-refractivity contribution is 1.18. The monoisotopic (exact) mass is 666 g/mol. The highest BCUT2D eigenvalue weighted by Crippen LogP contribution is 2.47. The van der Waals surface area contributed by atoms with Crippen LogP contribution in [-0.4, -0.2) is 4.57 Å². The van der Waals surface area contributed by atoms with Gasteiger partial charge in [0.05, 0.1) is 16.7 Å². The van der Waals surface area contributed by atoms with Gasteiger partial charge in [-0.3, -0.25) is 0 Å². The number of nitrogens with zero attached hydrogens (tertiary/aromatic N) is 2. The average molecular weight is 667 g/mol. The van der Waals surface area contributed by atoms with Crippen LogP contribution in [0.5, 0.6) is 0 Å². The van der Waals surface area contributed by atoms with Crippen molar-refractivity contribution in [1.82, 2.24) is 4.57 Å². The van der Waals surface area contributed by atoms with Crippen molar-refractivity contribution in [3.63, 3.8) is 0 Å². The SMILES string of the molecule is c1ccc(-n2c3ccccc3c3cc(N(c4ccc5ccc6ccccc6c5c4)c4cccc5sc6cc7ccccc7cc6c45)ccc32)cc1. The third-order valence-electron chi connectivity index (χ3n) is 10.5. The predicted octanol–water partition coefficient (Wildman–Crippen LogP) is 14.1. The van der Waals surface area contributed by atoms with Gasteiger partial charge in [0.2, 0.25) is 0 Å². The Balaban J connectivity index is 1.23. The normalized spacial score (nSPS) is 11.9. The highest BCUT2D eigenvalue weighted by Gasteiger charge is 2.21. The van der Waals surface area contributed by atoms with Gasteiger partial charge < -0.3 is 9.47 Å². The second-order valence-electron chi connectivity index (χ2n) is 13.4. The molecule has 2 nitrogen and oxygen atoms in total. The van der Waals surface area contributed by atoms with E-state index in [0.717, 1.165) is 17.1 Å². The van der Waals surface area contributed by atoms with E-state index in [-0.39, 0.29) is 0 Å². The molecule has 238 valence electrons. The number of fused-ring (bicyclic) bond motifs is 10. The second kappa shape index (κ2) is 11.0. The molecule has 0 aliphatic carbocycles. The third-order valence-corrected chi connectivity index (χ3v) is 11.6. The number of benzene rings is 9. The lowest BCUT2D eigenvalue weighted by Crippen LogP contribution is -2.10. The van der Waals surface area contributed by atoms with Gasteiger partial charge in [-0.25, -0.2) is 0 Å². The minimum absolute atomic E-state index is 1.13. The van der Waals surface area contributed by atoms with Gasteiger partial charge >= 0.3 is 0 Å². The van der Waals surface area contributed by atoms with E-state index in [9.17, 15) is 0 Å². The van der Waals surface area contributed by atoms with Crippen molar-refractivity contribution in [2.45, 2.75) is 0 Å². The summed E-state index contributed by atoms with van der Waals surface area (Å²) in [5.74, 6) is 0. The zero-order valence-corrected chi connectivity index (χ0v) is 28.4. The van der Waals surface area contributed by atoms with Crippen molar-refractivity contribution < 1.29 is 0 Å². The van der Waals surface area contributed by atoms with Crippen LogP contribution >= 0.6 is 11.3 Å². The molecule has 0 spiro atoms. The van der Waals surface area contributed by atoms with Crippen LogP contribution < -0.4 is 4.90 Å². The van der Waals surface area contributed by atoms with E-state index in [1.54, 1.807) is 0 Å². The number of hydrogen-bond donors (Lipinski definition) is 0. The first kappa shape index (κ1) is 28.4. The van der Waals surface area contributed by atoms with E-state index >= 15 is 0 Å². The van der Waals surface area contributed by atoms with Gasteiger partial charge in [0.1, 0.15) is 0 Å². The average Bonchev–Trinajstić information content (AvgIpc) is 3.72. The van der Waals surface area contributed by atoms with Crippen LogP contribution in [0.2, 0.25) is 0 Å². The number of thiophene rings is 1. The molecule has 0 radical (unpaired) electrons. The number of rotatable bonds is 4. The Morgan fingerprint density at radius 1 is 0.373 bits per heavy atom. The van der Waals surface area contributed by atoms with Crippen LogP contribution in [0, 0.1) is 0 Å². The molecule has 0 aliphatic heterocycles. The summed E-state index contributed by atoms with van der Waals surface area (Å²) in [6.07, 6.45) is 0. The highest BCUT2D eigenvalue weighted by molar-refractivity contribution is 7.26. The van der Waals surface area contributed by atoms with Gasteiger partial charge in [0.25, 0.3) is 0 Å². The van der Waals surface area contributed by atoms with Gasteiger partial charge in [0, 0.05) is 48.0 Å². The molecule has 0 aliphatic rings. The van der Waals surface area contributed by atoms with E-state index in [1.807, 2.05) is 11.3 Å². The van der Waals surface area contributed by atoms with Gasteiger partial charge in [-0.1, -0.05) is 109 Å². The molecular formula is C48H30N2S. The van der Waals surface area contributed by atoms with E-state index < -0.39 is 0 Å². The van der Waals surface area contributed by atoms with Crippen molar-refractivity contribution in [3.8, 4) is 5.69 Å². The first-order valence-corrected chi connectivity index (χ1v) is 18.2. The molecule has 11 rings (SSSR count). The van der Waals surface area contributed by atoms with Crippen LogP contribution in [0.3, 0.4) is 0 Å². The molecule has 0 unspecified atom stereocenters. The molecule has 3 heteroatoms. The smallest absolute Gasteiger partial charge is 0.0554 e. The molecule has 11 aromatic rings. The Labute approximate surface area is 298 Å². The molecular weight excluding hydrogens is 637 g/mol. The minimum atomic E-state index is 1.13. The molecule has 9 aromatic carbocycles. The second-order valence-corrected chi connectivity index (χ2v) is 14.4. The summed E-state index contributed by atoms with van der Waals surface area (Å²) in [5, 5.41) is 12.6. The largest absolute Gasteiger partial charge is 0.310 e. The van der Waals surface area contributed by atoms with Crippen molar-refractivity contribution in [3.05, 3.63) is 182 Å². The molecule has 0 atom stereocenters. The maximum atomic E-state index is 2.49. The van der Waals surface area contributed by atoms with E-state index in [2.05, 4.69) is 191 Å². The maximum absolute atomic E-state index is 2.49. The molecule has 0 fully saturated rings. The van der Waals surface area contributed by atoms with Gasteiger partial charge in [-0.15, -0.1) is 11.3 Å². The zero-order chi connectivity index (χ0) is 33.5. The van der Waals surface area contributed by atoms with Crippen LogP contribution in [0.4, 0.5) is 17.1 Å². The Kier molecular flexibility index (Phi) is 6.16. The molecule has 2 heterocycles. The van der Waals surface area contributed by atoms with Gasteiger partial charge in [-0.05, 0) is 105 Å². The van der Waals surface area contributed by atoms with Crippen molar-refractivity contribution in [2.24, 2.45) is 0 Å². The predicted molar refractivity (Wildman–Crippen MR) is 221 cm³/mol. The summed E-state index contributed by atoms with van der Waals surface area (Å²) in [5.41, 5.74) is 7.01. The van der Waals surface area contributed by atoms with Crippen LogP contribution in [-0.2, 0) is 0 Å². The molecule has 0 saturated heterocycles. The Bertz CT molecular complexity index is 3150. The Morgan fingerprint density at radius 3 is 1.84 bits per heavy atom. The van der Waals surface area contributed by atoms with Crippen molar-refractivity contribution in [2.75, 3.05) is 4.90 Å². The van der Waals surface area contributed by atoms with Crippen LogP contribution in [0.1, 0.15) is 0 Å². The van der Waals surface area contributed by atoms with E-state index in [4.69, 9.17) is 0 Å². The number of aromatic nitrogens is 1. The molecule has 0 saturated carbocycles. The number of anilines is 3. The van der Waals surface area contributed by atoms with E-state index in [0.29, 0.717) is 0 Å².